The predicted molar refractivity (Wildman–Crippen MR) is 116 cm³/mol. The highest BCUT2D eigenvalue weighted by Gasteiger charge is 2.32. The molecule has 0 unspecified atom stereocenters. The number of fused-ring (bicyclic) bond motifs is 1. The number of rotatable bonds is 7. The van der Waals surface area contributed by atoms with Crippen molar-refractivity contribution in [1.82, 2.24) is 10.6 Å². The number of carbonyl (C=O) groups excluding carboxylic acids is 1. The van der Waals surface area contributed by atoms with Gasteiger partial charge in [-0.3, -0.25) is 0 Å². The molecule has 2 aromatic rings. The molecule has 0 aromatic heterocycles. The van der Waals surface area contributed by atoms with E-state index in [-0.39, 0.29) is 24.6 Å². The smallest absolute Gasteiger partial charge is 0.407 e. The molecule has 0 heterocycles. The van der Waals surface area contributed by atoms with Crippen molar-refractivity contribution in [2.45, 2.75) is 63.5 Å². The molecule has 0 saturated carbocycles. The summed E-state index contributed by atoms with van der Waals surface area (Å²) in [5, 5.41) is 27.0. The van der Waals surface area contributed by atoms with Gasteiger partial charge in [-0.15, -0.1) is 0 Å². The minimum atomic E-state index is -1.12. The topological polar surface area (TPSA) is 90.8 Å². The minimum absolute atomic E-state index is 0.0133. The van der Waals surface area contributed by atoms with E-state index in [0.717, 1.165) is 29.3 Å². The van der Waals surface area contributed by atoms with Crippen LogP contribution in [-0.4, -0.2) is 46.7 Å². The average Bonchev–Trinajstić information content (AvgIpc) is 2.98. The van der Waals surface area contributed by atoms with E-state index in [1.807, 2.05) is 24.3 Å². The number of halogens is 2. The van der Waals surface area contributed by atoms with Crippen LogP contribution in [0.5, 0.6) is 0 Å². The second-order valence-corrected chi connectivity index (χ2v) is 9.16. The zero-order chi connectivity index (χ0) is 23.5. The van der Waals surface area contributed by atoms with Gasteiger partial charge >= 0.3 is 6.09 Å². The van der Waals surface area contributed by atoms with Gasteiger partial charge in [-0.2, -0.15) is 0 Å². The molecule has 0 saturated heterocycles. The molecule has 0 bridgehead atoms. The summed E-state index contributed by atoms with van der Waals surface area (Å²) in [5.41, 5.74) is 1.52. The number of aliphatic hydroxyl groups excluding tert-OH is 2. The Balaban J connectivity index is 1.72. The number of benzene rings is 2. The summed E-state index contributed by atoms with van der Waals surface area (Å²) in [6, 6.07) is 9.48. The maximum atomic E-state index is 13.6. The Labute approximate surface area is 186 Å². The summed E-state index contributed by atoms with van der Waals surface area (Å²) in [6.07, 6.45) is -2.01. The number of alkyl carbamates (subject to hydrolysis) is 1. The largest absolute Gasteiger partial charge is 0.444 e. The van der Waals surface area contributed by atoms with Crippen LogP contribution in [0.25, 0.3) is 0 Å². The zero-order valence-corrected chi connectivity index (χ0v) is 18.4. The third-order valence-electron chi connectivity index (χ3n) is 5.30. The summed E-state index contributed by atoms with van der Waals surface area (Å²) in [6.45, 7) is 5.16. The van der Waals surface area contributed by atoms with Gasteiger partial charge in [0.05, 0.1) is 24.3 Å². The molecule has 174 valence electrons. The fourth-order valence-corrected chi connectivity index (χ4v) is 3.93. The van der Waals surface area contributed by atoms with Crippen molar-refractivity contribution in [3.63, 3.8) is 0 Å². The molecule has 0 radical (unpaired) electrons. The van der Waals surface area contributed by atoms with E-state index >= 15 is 0 Å². The van der Waals surface area contributed by atoms with E-state index < -0.39 is 41.6 Å². The summed E-state index contributed by atoms with van der Waals surface area (Å²) in [7, 11) is 0. The monoisotopic (exact) mass is 448 g/mol. The van der Waals surface area contributed by atoms with Gasteiger partial charge < -0.3 is 25.6 Å². The molecule has 0 fully saturated rings. The van der Waals surface area contributed by atoms with E-state index in [4.69, 9.17) is 4.74 Å². The SMILES string of the molecule is CC(C)(C)OC(=O)N[C@@H](Cc1cc(F)cc(F)c1)[C@H](O)CN[C@H]1c2ccccc2C[C@H]1O. The van der Waals surface area contributed by atoms with Crippen molar-refractivity contribution in [2.24, 2.45) is 0 Å². The third kappa shape index (κ3) is 6.48. The van der Waals surface area contributed by atoms with Gasteiger partial charge in [0.2, 0.25) is 0 Å². The van der Waals surface area contributed by atoms with Crippen LogP contribution in [0.15, 0.2) is 42.5 Å². The summed E-state index contributed by atoms with van der Waals surface area (Å²) in [4.78, 5) is 12.3. The number of nitrogens with one attached hydrogen (secondary N) is 2. The number of amides is 1. The Hall–Kier alpha value is -2.55. The molecule has 1 amide bonds. The number of hydrogen-bond donors (Lipinski definition) is 4. The molecular formula is C24H30F2N2O4. The Kier molecular flexibility index (Phi) is 7.48. The first-order valence-electron chi connectivity index (χ1n) is 10.6. The molecule has 0 aliphatic heterocycles. The number of aliphatic hydroxyl groups is 2. The fraction of sp³-hybridized carbons (Fsp3) is 0.458. The van der Waals surface area contributed by atoms with Crippen molar-refractivity contribution in [3.8, 4) is 0 Å². The second kappa shape index (κ2) is 9.94. The Morgan fingerprint density at radius 1 is 1.19 bits per heavy atom. The maximum Gasteiger partial charge on any atom is 0.407 e. The van der Waals surface area contributed by atoms with Crippen LogP contribution in [0.1, 0.15) is 43.5 Å². The highest BCUT2D eigenvalue weighted by atomic mass is 19.1. The van der Waals surface area contributed by atoms with Crippen LogP contribution >= 0.6 is 0 Å². The van der Waals surface area contributed by atoms with Crippen LogP contribution in [0.2, 0.25) is 0 Å². The van der Waals surface area contributed by atoms with E-state index in [0.29, 0.717) is 6.42 Å². The molecule has 1 aliphatic carbocycles. The van der Waals surface area contributed by atoms with Gasteiger partial charge in [-0.25, -0.2) is 13.6 Å². The van der Waals surface area contributed by atoms with Crippen LogP contribution in [-0.2, 0) is 17.6 Å². The standard InChI is InChI=1S/C24H30F2N2O4/c1-24(2,3)32-23(31)28-19(10-14-8-16(25)12-17(26)9-14)21(30)13-27-22-18-7-5-4-6-15(18)11-20(22)29/h4-9,12,19-22,27,29-30H,10-11,13H2,1-3H3,(H,28,31)/t19-,20+,21+,22-/m0/s1. The lowest BCUT2D eigenvalue weighted by Gasteiger charge is -2.28. The first-order valence-corrected chi connectivity index (χ1v) is 10.6. The van der Waals surface area contributed by atoms with Crippen LogP contribution in [0.4, 0.5) is 13.6 Å². The highest BCUT2D eigenvalue weighted by Crippen LogP contribution is 2.31. The van der Waals surface area contributed by atoms with Crippen molar-refractivity contribution >= 4 is 6.09 Å². The lowest BCUT2D eigenvalue weighted by molar-refractivity contribution is 0.0410. The van der Waals surface area contributed by atoms with Crippen molar-refractivity contribution < 1.29 is 28.5 Å². The molecule has 1 aliphatic rings. The second-order valence-electron chi connectivity index (χ2n) is 9.16. The highest BCUT2D eigenvalue weighted by molar-refractivity contribution is 5.68. The molecule has 2 aromatic carbocycles. The molecule has 8 heteroatoms. The van der Waals surface area contributed by atoms with Crippen molar-refractivity contribution in [1.29, 1.82) is 0 Å². The normalized spacial score (nSPS) is 19.8. The Morgan fingerprint density at radius 2 is 1.84 bits per heavy atom. The average molecular weight is 449 g/mol. The van der Waals surface area contributed by atoms with E-state index in [2.05, 4.69) is 10.6 Å². The van der Waals surface area contributed by atoms with E-state index in [1.54, 1.807) is 20.8 Å². The quantitative estimate of drug-likeness (QED) is 0.523. The van der Waals surface area contributed by atoms with E-state index in [1.165, 1.54) is 0 Å². The van der Waals surface area contributed by atoms with Gasteiger partial charge in [0.1, 0.15) is 17.2 Å². The third-order valence-corrected chi connectivity index (χ3v) is 5.30. The Bertz CT molecular complexity index is 928. The Morgan fingerprint density at radius 3 is 2.50 bits per heavy atom. The zero-order valence-electron chi connectivity index (χ0n) is 18.4. The van der Waals surface area contributed by atoms with Gasteiger partial charge in [0, 0.05) is 19.0 Å². The first-order chi connectivity index (χ1) is 15.0. The summed E-state index contributed by atoms with van der Waals surface area (Å²) in [5.74, 6) is -1.48. The number of ether oxygens (including phenoxy) is 1. The number of hydrogen-bond acceptors (Lipinski definition) is 5. The fourth-order valence-electron chi connectivity index (χ4n) is 3.93. The number of carbonyl (C=O) groups is 1. The molecular weight excluding hydrogens is 418 g/mol. The van der Waals surface area contributed by atoms with Gasteiger partial charge in [0.25, 0.3) is 0 Å². The molecule has 0 spiro atoms. The first kappa shape index (κ1) is 24.1. The lowest BCUT2D eigenvalue weighted by atomic mass is 10.00. The van der Waals surface area contributed by atoms with Crippen LogP contribution < -0.4 is 10.6 Å². The van der Waals surface area contributed by atoms with Crippen LogP contribution in [0, 0.1) is 11.6 Å². The van der Waals surface area contributed by atoms with Crippen LogP contribution in [0.3, 0.4) is 0 Å². The lowest BCUT2D eigenvalue weighted by Crippen LogP contribution is -2.50. The minimum Gasteiger partial charge on any atom is -0.444 e. The maximum absolute atomic E-state index is 13.6. The van der Waals surface area contributed by atoms with Crippen molar-refractivity contribution in [2.75, 3.05) is 6.54 Å². The van der Waals surface area contributed by atoms with Gasteiger partial charge in [-0.1, -0.05) is 24.3 Å². The van der Waals surface area contributed by atoms with Gasteiger partial charge in [0.15, 0.2) is 0 Å². The predicted octanol–water partition coefficient (Wildman–Crippen LogP) is 3.01. The molecule has 4 N–H and O–H groups in total. The molecule has 6 nitrogen and oxygen atoms in total. The summed E-state index contributed by atoms with van der Waals surface area (Å²) >= 11 is 0. The molecule has 3 rings (SSSR count). The van der Waals surface area contributed by atoms with Gasteiger partial charge in [-0.05, 0) is 56.0 Å². The molecule has 4 atom stereocenters. The van der Waals surface area contributed by atoms with Crippen molar-refractivity contribution in [3.05, 3.63) is 70.8 Å². The van der Waals surface area contributed by atoms with E-state index in [9.17, 15) is 23.8 Å². The molecule has 32 heavy (non-hydrogen) atoms. The summed E-state index contributed by atoms with van der Waals surface area (Å²) < 4.78 is 32.6.